The molecule has 0 fully saturated rings. The van der Waals surface area contributed by atoms with Crippen molar-refractivity contribution in [3.05, 3.63) is 87.1 Å². The standard InChI is InChI=1S/C22H18FN3O5/c1-13-20-18(25-24-15-7-9-16(10-8-15)26(28)29)3-2-4-19(20)31-21(13)22(27)30-17-11-5-14(23)6-12-17/h5-12,24H,2-4H2,1H3/b25-18+. The van der Waals surface area contributed by atoms with Crippen LogP contribution in [0.2, 0.25) is 0 Å². The van der Waals surface area contributed by atoms with E-state index < -0.39 is 16.7 Å². The fourth-order valence-corrected chi connectivity index (χ4v) is 3.42. The van der Waals surface area contributed by atoms with Crippen molar-refractivity contribution < 1.29 is 23.3 Å². The molecule has 1 N–H and O–H groups in total. The van der Waals surface area contributed by atoms with Crippen molar-refractivity contribution in [1.82, 2.24) is 0 Å². The van der Waals surface area contributed by atoms with Gasteiger partial charge in [-0.2, -0.15) is 5.10 Å². The van der Waals surface area contributed by atoms with Crippen molar-refractivity contribution in [2.24, 2.45) is 5.10 Å². The molecule has 0 radical (unpaired) electrons. The number of nitrogens with one attached hydrogen (secondary N) is 1. The van der Waals surface area contributed by atoms with Crippen LogP contribution in [-0.4, -0.2) is 16.6 Å². The minimum atomic E-state index is -0.666. The molecule has 9 heteroatoms. The number of non-ortho nitro benzene ring substituents is 1. The number of carbonyl (C=O) groups excluding carboxylic acids is 1. The number of hydrogen-bond acceptors (Lipinski definition) is 7. The number of benzene rings is 2. The van der Waals surface area contributed by atoms with Gasteiger partial charge in [0.2, 0.25) is 5.76 Å². The van der Waals surface area contributed by atoms with Gasteiger partial charge in [-0.15, -0.1) is 0 Å². The number of carbonyl (C=O) groups is 1. The van der Waals surface area contributed by atoms with E-state index in [-0.39, 0.29) is 17.2 Å². The van der Waals surface area contributed by atoms with Crippen LogP contribution >= 0.6 is 0 Å². The van der Waals surface area contributed by atoms with Gasteiger partial charge in [0.25, 0.3) is 5.69 Å². The van der Waals surface area contributed by atoms with Gasteiger partial charge >= 0.3 is 5.97 Å². The zero-order chi connectivity index (χ0) is 22.0. The molecule has 0 saturated heterocycles. The number of ether oxygens (including phenoxy) is 1. The van der Waals surface area contributed by atoms with Crippen LogP contribution in [0.3, 0.4) is 0 Å². The number of fused-ring (bicyclic) bond motifs is 1. The van der Waals surface area contributed by atoms with Crippen molar-refractivity contribution in [3.8, 4) is 5.75 Å². The van der Waals surface area contributed by atoms with Crippen LogP contribution in [0.15, 0.2) is 58.0 Å². The van der Waals surface area contributed by atoms with E-state index in [9.17, 15) is 19.3 Å². The monoisotopic (exact) mass is 423 g/mol. The van der Waals surface area contributed by atoms with Gasteiger partial charge in [-0.3, -0.25) is 15.5 Å². The lowest BCUT2D eigenvalue weighted by molar-refractivity contribution is -0.384. The third-order valence-electron chi connectivity index (χ3n) is 4.93. The van der Waals surface area contributed by atoms with Crippen molar-refractivity contribution in [3.63, 3.8) is 0 Å². The zero-order valence-electron chi connectivity index (χ0n) is 16.6. The summed E-state index contributed by atoms with van der Waals surface area (Å²) in [5.41, 5.74) is 5.59. The molecule has 1 aliphatic rings. The number of nitrogens with zero attached hydrogens (tertiary/aromatic N) is 2. The highest BCUT2D eigenvalue weighted by Gasteiger charge is 2.29. The van der Waals surface area contributed by atoms with Crippen molar-refractivity contribution in [2.45, 2.75) is 26.2 Å². The Labute approximate surface area is 176 Å². The SMILES string of the molecule is Cc1c(C(=O)Oc2ccc(F)cc2)oc2c1/C(=N/Nc1ccc([N+](=O)[O-])cc1)CCC2. The maximum atomic E-state index is 13.1. The van der Waals surface area contributed by atoms with E-state index in [1.54, 1.807) is 19.1 Å². The summed E-state index contributed by atoms with van der Waals surface area (Å²) in [5, 5.41) is 15.2. The second kappa shape index (κ2) is 8.39. The molecule has 0 saturated carbocycles. The Hall–Kier alpha value is -4.01. The van der Waals surface area contributed by atoms with Crippen molar-refractivity contribution in [2.75, 3.05) is 5.43 Å². The van der Waals surface area contributed by atoms with Crippen LogP contribution in [0, 0.1) is 22.9 Å². The molecule has 1 heterocycles. The molecule has 158 valence electrons. The summed E-state index contributed by atoms with van der Waals surface area (Å²) in [7, 11) is 0. The first-order chi connectivity index (χ1) is 14.9. The number of esters is 1. The van der Waals surface area contributed by atoms with Crippen LogP contribution in [-0.2, 0) is 6.42 Å². The maximum absolute atomic E-state index is 13.1. The quantitative estimate of drug-likeness (QED) is 0.268. The largest absolute Gasteiger partial charge is 0.453 e. The molecule has 0 unspecified atom stereocenters. The van der Waals surface area contributed by atoms with E-state index in [0.29, 0.717) is 29.9 Å². The fraction of sp³-hybridized carbons (Fsp3) is 0.182. The predicted octanol–water partition coefficient (Wildman–Crippen LogP) is 5.01. The Morgan fingerprint density at radius 3 is 2.55 bits per heavy atom. The molecule has 4 rings (SSSR count). The number of furan rings is 1. The number of hydrazone groups is 1. The van der Waals surface area contributed by atoms with E-state index in [0.717, 1.165) is 17.7 Å². The second-order valence-electron chi connectivity index (χ2n) is 7.03. The highest BCUT2D eigenvalue weighted by atomic mass is 19.1. The molecule has 0 aliphatic heterocycles. The van der Waals surface area contributed by atoms with Gasteiger partial charge in [0, 0.05) is 29.7 Å². The lowest BCUT2D eigenvalue weighted by Crippen LogP contribution is -2.13. The molecule has 0 amide bonds. The minimum Gasteiger partial charge on any atom is -0.453 e. The number of nitro groups is 1. The number of hydrogen-bond donors (Lipinski definition) is 1. The van der Waals surface area contributed by atoms with Gasteiger partial charge in [0.05, 0.1) is 16.3 Å². The van der Waals surface area contributed by atoms with Crippen molar-refractivity contribution in [1.29, 1.82) is 0 Å². The summed E-state index contributed by atoms with van der Waals surface area (Å²) < 4.78 is 24.1. The molecule has 8 nitrogen and oxygen atoms in total. The molecule has 0 spiro atoms. The highest BCUT2D eigenvalue weighted by Crippen LogP contribution is 2.31. The summed E-state index contributed by atoms with van der Waals surface area (Å²) >= 11 is 0. The molecule has 1 aliphatic carbocycles. The molecule has 1 aromatic heterocycles. The highest BCUT2D eigenvalue weighted by molar-refractivity contribution is 6.06. The smallest absolute Gasteiger partial charge is 0.379 e. The lowest BCUT2D eigenvalue weighted by Gasteiger charge is -2.13. The van der Waals surface area contributed by atoms with Crippen LogP contribution in [0.25, 0.3) is 0 Å². The van der Waals surface area contributed by atoms with Crippen LogP contribution in [0.4, 0.5) is 15.8 Å². The fourth-order valence-electron chi connectivity index (χ4n) is 3.42. The molecule has 31 heavy (non-hydrogen) atoms. The average molecular weight is 423 g/mol. The molecule has 2 aromatic carbocycles. The van der Waals surface area contributed by atoms with E-state index in [2.05, 4.69) is 10.5 Å². The third kappa shape index (κ3) is 4.30. The number of halogens is 1. The number of nitro benzene ring substituents is 1. The maximum Gasteiger partial charge on any atom is 0.379 e. The number of anilines is 1. The Morgan fingerprint density at radius 1 is 1.16 bits per heavy atom. The molecular weight excluding hydrogens is 405 g/mol. The van der Waals surface area contributed by atoms with E-state index in [1.807, 2.05) is 0 Å². The van der Waals surface area contributed by atoms with Gasteiger partial charge in [-0.1, -0.05) is 0 Å². The predicted molar refractivity (Wildman–Crippen MR) is 111 cm³/mol. The van der Waals surface area contributed by atoms with Crippen LogP contribution in [0.5, 0.6) is 5.75 Å². The number of rotatable bonds is 5. The van der Waals surface area contributed by atoms with Gasteiger partial charge in [-0.05, 0) is 56.2 Å². The second-order valence-corrected chi connectivity index (χ2v) is 7.03. The number of aryl methyl sites for hydroxylation is 1. The summed E-state index contributed by atoms with van der Waals surface area (Å²) in [4.78, 5) is 22.9. The Morgan fingerprint density at radius 2 is 1.87 bits per heavy atom. The van der Waals surface area contributed by atoms with Gasteiger partial charge in [0.15, 0.2) is 0 Å². The Balaban J connectivity index is 1.56. The summed E-state index contributed by atoms with van der Waals surface area (Å²) in [6, 6.07) is 11.1. The molecule has 0 bridgehead atoms. The lowest BCUT2D eigenvalue weighted by atomic mass is 9.93. The van der Waals surface area contributed by atoms with Gasteiger partial charge in [-0.25, -0.2) is 9.18 Å². The van der Waals surface area contributed by atoms with E-state index >= 15 is 0 Å². The van der Waals surface area contributed by atoms with Crippen LogP contribution in [0.1, 0.15) is 40.3 Å². The normalized spacial score (nSPS) is 14.2. The van der Waals surface area contributed by atoms with E-state index in [4.69, 9.17) is 9.15 Å². The molecule has 0 atom stereocenters. The Kier molecular flexibility index (Phi) is 5.48. The summed E-state index contributed by atoms with van der Waals surface area (Å²) in [6.07, 6.45) is 2.14. The van der Waals surface area contributed by atoms with Gasteiger partial charge < -0.3 is 9.15 Å². The first-order valence-corrected chi connectivity index (χ1v) is 9.60. The summed E-state index contributed by atoms with van der Waals surface area (Å²) in [5.74, 6) is -0.140. The average Bonchev–Trinajstić information content (AvgIpc) is 3.11. The topological polar surface area (TPSA) is 107 Å². The zero-order valence-corrected chi connectivity index (χ0v) is 16.6. The van der Waals surface area contributed by atoms with Crippen molar-refractivity contribution >= 4 is 23.1 Å². The van der Waals surface area contributed by atoms with E-state index in [1.165, 1.54) is 36.4 Å². The van der Waals surface area contributed by atoms with Gasteiger partial charge in [0.1, 0.15) is 17.3 Å². The third-order valence-corrected chi connectivity index (χ3v) is 4.93. The molecule has 3 aromatic rings. The Bertz CT molecular complexity index is 1170. The minimum absolute atomic E-state index is 0.00635. The summed E-state index contributed by atoms with van der Waals surface area (Å²) in [6.45, 7) is 1.76. The first-order valence-electron chi connectivity index (χ1n) is 9.60. The molecular formula is C22H18FN3O5. The first kappa shape index (κ1) is 20.3. The van der Waals surface area contributed by atoms with Crippen LogP contribution < -0.4 is 10.2 Å².